The van der Waals surface area contributed by atoms with E-state index in [4.69, 9.17) is 5.11 Å². The summed E-state index contributed by atoms with van der Waals surface area (Å²) >= 11 is 0. The fraction of sp³-hybridized carbons (Fsp3) is 0.875. The summed E-state index contributed by atoms with van der Waals surface area (Å²) in [5, 5.41) is 0.928. The van der Waals surface area contributed by atoms with Crippen molar-refractivity contribution >= 4 is 16.2 Å². The predicted molar refractivity (Wildman–Crippen MR) is 53.3 cm³/mol. The molecule has 29 heavy (non-hydrogen) atoms. The van der Waals surface area contributed by atoms with E-state index >= 15 is 0 Å². The molecule has 1 rings (SSSR count). The molecule has 0 spiro atoms. The fourth-order valence-electron chi connectivity index (χ4n) is 1.51. The van der Waals surface area contributed by atoms with Gasteiger partial charge in [0.25, 0.3) is 0 Å². The van der Waals surface area contributed by atoms with Crippen LogP contribution in [-0.2, 0) is 29.2 Å². The van der Waals surface area contributed by atoms with E-state index in [-0.39, 0.29) is 0 Å². The topological polar surface area (TPSA) is 99.1 Å². The molecule has 2 atom stereocenters. The molecule has 0 aromatic heterocycles. The Morgan fingerprint density at radius 1 is 0.897 bits per heavy atom. The molecule has 21 heteroatoms. The van der Waals surface area contributed by atoms with Crippen LogP contribution in [0.15, 0.2) is 0 Å². The maximum Gasteiger partial charge on any atom is 0.464 e. The minimum atomic E-state index is -7.86. The number of carboxylic acid groups (broad SMARTS) is 1. The summed E-state index contributed by atoms with van der Waals surface area (Å²) in [6.07, 6.45) is -28.5. The maximum absolute atomic E-state index is 13.9. The van der Waals surface area contributed by atoms with Gasteiger partial charge in [-0.15, -0.1) is 0 Å². The summed E-state index contributed by atoms with van der Waals surface area (Å²) in [7, 11) is -7.86. The van der Waals surface area contributed by atoms with Gasteiger partial charge in [-0.05, 0) is 0 Å². The van der Waals surface area contributed by atoms with Crippen LogP contribution in [0.5, 0.6) is 0 Å². The van der Waals surface area contributed by atoms with Crippen LogP contribution in [-0.4, -0.2) is 60.9 Å². The molecule has 0 amide bonds. The molecule has 1 saturated heterocycles. The van der Waals surface area contributed by atoms with Crippen LogP contribution in [0.2, 0.25) is 0 Å². The molecular formula is C8HF13O7S. The molecule has 0 bridgehead atoms. The van der Waals surface area contributed by atoms with Gasteiger partial charge in [0.15, 0.2) is 0 Å². The van der Waals surface area contributed by atoms with Gasteiger partial charge < -0.3 is 5.11 Å². The highest BCUT2D eigenvalue weighted by molar-refractivity contribution is 7.87. The van der Waals surface area contributed by atoms with Gasteiger partial charge in [0.2, 0.25) is 0 Å². The van der Waals surface area contributed by atoms with E-state index in [9.17, 15) is 69.8 Å². The Bertz CT molecular complexity index is 791. The molecular weight excluding hydrogens is 487 g/mol. The number of carboxylic acids is 1. The third-order valence-electron chi connectivity index (χ3n) is 2.86. The molecule has 0 aliphatic carbocycles. The zero-order valence-corrected chi connectivity index (χ0v) is 13.0. The molecule has 172 valence electrons. The zero-order chi connectivity index (χ0) is 23.7. The SMILES string of the molecule is O=C(O)C1(C(F)(F)F)OC(F)(F)C(F)(C(F)(F)OC(F)(F)C(F)(F)S(=O)(=O)F)O1. The van der Waals surface area contributed by atoms with Gasteiger partial charge in [-0.2, -0.15) is 61.1 Å². The van der Waals surface area contributed by atoms with E-state index in [0.29, 0.717) is 0 Å². The number of hydrogen-bond acceptors (Lipinski definition) is 6. The van der Waals surface area contributed by atoms with Crippen LogP contribution in [0.1, 0.15) is 0 Å². The van der Waals surface area contributed by atoms with Crippen molar-refractivity contribution in [1.82, 2.24) is 0 Å². The number of carbonyl (C=O) groups is 1. The van der Waals surface area contributed by atoms with E-state index in [1.807, 2.05) is 0 Å². The summed E-state index contributed by atoms with van der Waals surface area (Å²) in [6.45, 7) is 0. The van der Waals surface area contributed by atoms with E-state index in [1.54, 1.807) is 4.74 Å². The highest BCUT2D eigenvalue weighted by atomic mass is 32.3. The third kappa shape index (κ3) is 3.46. The zero-order valence-electron chi connectivity index (χ0n) is 12.2. The molecule has 1 heterocycles. The quantitative estimate of drug-likeness (QED) is 0.454. The Balaban J connectivity index is 3.56. The van der Waals surface area contributed by atoms with Crippen molar-refractivity contribution in [2.45, 2.75) is 41.4 Å². The summed E-state index contributed by atoms with van der Waals surface area (Å²) < 4.78 is 195. The van der Waals surface area contributed by atoms with Gasteiger partial charge >= 0.3 is 57.6 Å². The number of ether oxygens (including phenoxy) is 3. The lowest BCUT2D eigenvalue weighted by atomic mass is 10.2. The monoisotopic (exact) mass is 488 g/mol. The van der Waals surface area contributed by atoms with E-state index < -0.39 is 57.6 Å². The average molecular weight is 488 g/mol. The first-order valence-corrected chi connectivity index (χ1v) is 7.25. The summed E-state index contributed by atoms with van der Waals surface area (Å²) in [6, 6.07) is 0. The lowest BCUT2D eigenvalue weighted by Crippen LogP contribution is -2.62. The molecule has 1 N–H and O–H groups in total. The molecule has 0 saturated carbocycles. The van der Waals surface area contributed by atoms with Gasteiger partial charge in [-0.1, -0.05) is 3.89 Å². The fourth-order valence-corrected chi connectivity index (χ4v) is 1.83. The van der Waals surface area contributed by atoms with E-state index in [1.165, 1.54) is 0 Å². The number of aliphatic carboxylic acids is 1. The lowest BCUT2D eigenvalue weighted by molar-refractivity contribution is -0.493. The van der Waals surface area contributed by atoms with Crippen molar-refractivity contribution in [3.05, 3.63) is 0 Å². The smallest absolute Gasteiger partial charge is 0.464 e. The second-order valence-electron chi connectivity index (χ2n) is 4.83. The summed E-state index contributed by atoms with van der Waals surface area (Å²) in [4.78, 5) is 10.5. The van der Waals surface area contributed by atoms with Crippen LogP contribution < -0.4 is 0 Å². The Morgan fingerprint density at radius 2 is 1.31 bits per heavy atom. The molecule has 1 fully saturated rings. The van der Waals surface area contributed by atoms with Crippen molar-refractivity contribution in [3.8, 4) is 0 Å². The Labute approximate surface area is 148 Å². The molecule has 0 aromatic carbocycles. The standard InChI is InChI=1S/C8HF13O7S/c9-3(5(13,14)27-2(26-3,1(22)23)4(10,11)12)6(15,16)28-7(17,18)8(19,20)29(21,24)25/h(H,22,23). The largest absolute Gasteiger partial charge is 0.477 e. The van der Waals surface area contributed by atoms with E-state index in [2.05, 4.69) is 9.47 Å². The molecule has 1 aliphatic rings. The second-order valence-corrected chi connectivity index (χ2v) is 6.21. The molecule has 0 aromatic rings. The van der Waals surface area contributed by atoms with Crippen LogP contribution >= 0.6 is 0 Å². The van der Waals surface area contributed by atoms with Crippen LogP contribution in [0, 0.1) is 0 Å². The van der Waals surface area contributed by atoms with Crippen molar-refractivity contribution in [3.63, 3.8) is 0 Å². The van der Waals surface area contributed by atoms with Gasteiger partial charge in [0.05, 0.1) is 0 Å². The molecule has 1 aliphatic heterocycles. The highest BCUT2D eigenvalue weighted by Crippen LogP contribution is 2.60. The van der Waals surface area contributed by atoms with Crippen molar-refractivity contribution in [1.29, 1.82) is 0 Å². The first-order chi connectivity index (χ1) is 12.3. The molecule has 7 nitrogen and oxygen atoms in total. The number of rotatable bonds is 6. The Hall–Kier alpha value is -1.61. The van der Waals surface area contributed by atoms with Gasteiger partial charge in [-0.3, -0.25) is 9.47 Å². The average Bonchev–Trinajstić information content (AvgIpc) is 2.65. The van der Waals surface area contributed by atoms with Gasteiger partial charge in [0, 0.05) is 0 Å². The Morgan fingerprint density at radius 3 is 1.59 bits per heavy atom. The third-order valence-corrected chi connectivity index (χ3v) is 3.71. The summed E-state index contributed by atoms with van der Waals surface area (Å²) in [5.41, 5.74) is 0. The van der Waals surface area contributed by atoms with Crippen molar-refractivity contribution in [2.24, 2.45) is 0 Å². The van der Waals surface area contributed by atoms with Crippen molar-refractivity contribution < 1.29 is 89.1 Å². The van der Waals surface area contributed by atoms with Gasteiger partial charge in [-0.25, -0.2) is 9.53 Å². The second kappa shape index (κ2) is 6.20. The predicted octanol–water partition coefficient (Wildman–Crippen LogP) is 2.73. The van der Waals surface area contributed by atoms with Crippen molar-refractivity contribution in [2.75, 3.05) is 0 Å². The van der Waals surface area contributed by atoms with E-state index in [0.717, 1.165) is 0 Å². The van der Waals surface area contributed by atoms with Gasteiger partial charge in [0.1, 0.15) is 0 Å². The van der Waals surface area contributed by atoms with Crippen LogP contribution in [0.4, 0.5) is 56.6 Å². The Kier molecular flexibility index (Phi) is 5.43. The number of halogens is 13. The lowest BCUT2D eigenvalue weighted by Gasteiger charge is -2.34. The van der Waals surface area contributed by atoms with Crippen LogP contribution in [0.25, 0.3) is 0 Å². The minimum absolute atomic E-state index is 1.57. The highest BCUT2D eigenvalue weighted by Gasteiger charge is 2.90. The molecule has 0 radical (unpaired) electrons. The molecule has 2 unspecified atom stereocenters. The first-order valence-electron chi connectivity index (χ1n) is 5.86. The number of alkyl halides is 12. The first kappa shape index (κ1) is 25.4. The normalized spacial score (nSPS) is 29.1. The number of hydrogen-bond donors (Lipinski definition) is 1. The maximum atomic E-state index is 13.9. The minimum Gasteiger partial charge on any atom is -0.477 e. The van der Waals surface area contributed by atoms with Crippen LogP contribution in [0.3, 0.4) is 0 Å². The summed E-state index contributed by atoms with van der Waals surface area (Å²) in [5.74, 6) is -16.8.